The number of hydrazine groups is 1. The van der Waals surface area contributed by atoms with Gasteiger partial charge in [-0.1, -0.05) is 30.3 Å². The number of carbonyl (C=O) groups excluding carboxylic acids is 2. The normalized spacial score (nSPS) is 23.6. The van der Waals surface area contributed by atoms with E-state index in [1.807, 2.05) is 30.3 Å². The van der Waals surface area contributed by atoms with Crippen molar-refractivity contribution in [3.63, 3.8) is 0 Å². The van der Waals surface area contributed by atoms with Crippen molar-refractivity contribution in [1.29, 1.82) is 0 Å². The molecule has 2 amide bonds. The second kappa shape index (κ2) is 8.34. The summed E-state index contributed by atoms with van der Waals surface area (Å²) >= 11 is 0. The van der Waals surface area contributed by atoms with Gasteiger partial charge in [-0.3, -0.25) is 4.79 Å². The Labute approximate surface area is 148 Å². The van der Waals surface area contributed by atoms with Gasteiger partial charge in [-0.05, 0) is 37.7 Å². The molecule has 6 heteroatoms. The van der Waals surface area contributed by atoms with Gasteiger partial charge in [0.05, 0.1) is 6.10 Å². The van der Waals surface area contributed by atoms with E-state index in [9.17, 15) is 9.59 Å². The first-order valence-corrected chi connectivity index (χ1v) is 9.01. The fourth-order valence-electron chi connectivity index (χ4n) is 3.58. The van der Waals surface area contributed by atoms with E-state index in [4.69, 9.17) is 9.47 Å². The summed E-state index contributed by atoms with van der Waals surface area (Å²) < 4.78 is 10.8. The number of rotatable bonds is 4. The second-order valence-corrected chi connectivity index (χ2v) is 6.69. The number of amides is 2. The van der Waals surface area contributed by atoms with Crippen molar-refractivity contribution in [1.82, 2.24) is 10.0 Å². The Balaban J connectivity index is 1.54. The van der Waals surface area contributed by atoms with Crippen LogP contribution in [0.25, 0.3) is 0 Å². The molecule has 25 heavy (non-hydrogen) atoms. The van der Waals surface area contributed by atoms with Gasteiger partial charge in [-0.15, -0.1) is 0 Å². The Bertz CT molecular complexity index is 584. The lowest BCUT2D eigenvalue weighted by atomic mass is 9.86. The SMILES string of the molecule is COC1CCC(C(=O)N2CCCN2C(=O)OCc2ccccc2)CC1. The van der Waals surface area contributed by atoms with Crippen molar-refractivity contribution in [3.05, 3.63) is 35.9 Å². The minimum absolute atomic E-state index is 0.0195. The van der Waals surface area contributed by atoms with Crippen LogP contribution in [0.3, 0.4) is 0 Å². The minimum Gasteiger partial charge on any atom is -0.443 e. The number of ether oxygens (including phenoxy) is 2. The molecule has 1 aromatic carbocycles. The second-order valence-electron chi connectivity index (χ2n) is 6.69. The lowest BCUT2D eigenvalue weighted by molar-refractivity contribution is -0.148. The van der Waals surface area contributed by atoms with Gasteiger partial charge in [-0.25, -0.2) is 14.8 Å². The third-order valence-electron chi connectivity index (χ3n) is 5.06. The van der Waals surface area contributed by atoms with Crippen LogP contribution in [-0.2, 0) is 20.9 Å². The van der Waals surface area contributed by atoms with Gasteiger partial charge in [0, 0.05) is 26.1 Å². The molecule has 0 bridgehead atoms. The van der Waals surface area contributed by atoms with Crippen LogP contribution in [-0.4, -0.2) is 48.3 Å². The number of hydrogen-bond acceptors (Lipinski definition) is 4. The molecule has 0 aromatic heterocycles. The summed E-state index contributed by atoms with van der Waals surface area (Å²) in [5.41, 5.74) is 0.936. The summed E-state index contributed by atoms with van der Waals surface area (Å²) in [4.78, 5) is 25.2. The molecular weight excluding hydrogens is 320 g/mol. The van der Waals surface area contributed by atoms with Crippen LogP contribution in [0.5, 0.6) is 0 Å². The van der Waals surface area contributed by atoms with Gasteiger partial charge in [-0.2, -0.15) is 0 Å². The molecule has 1 aliphatic carbocycles. The van der Waals surface area contributed by atoms with E-state index in [-0.39, 0.29) is 24.5 Å². The summed E-state index contributed by atoms with van der Waals surface area (Å²) in [7, 11) is 1.72. The number of benzene rings is 1. The van der Waals surface area contributed by atoms with Gasteiger partial charge in [0.1, 0.15) is 6.61 Å². The Kier molecular flexibility index (Phi) is 5.91. The van der Waals surface area contributed by atoms with Gasteiger partial charge in [0.25, 0.3) is 0 Å². The highest BCUT2D eigenvalue weighted by Crippen LogP contribution is 2.29. The van der Waals surface area contributed by atoms with Crippen LogP contribution in [0.4, 0.5) is 4.79 Å². The first-order valence-electron chi connectivity index (χ1n) is 9.01. The van der Waals surface area contributed by atoms with Crippen molar-refractivity contribution >= 4 is 12.0 Å². The van der Waals surface area contributed by atoms with Crippen LogP contribution < -0.4 is 0 Å². The molecule has 6 nitrogen and oxygen atoms in total. The number of nitrogens with zero attached hydrogens (tertiary/aromatic N) is 2. The standard InChI is InChI=1S/C19H26N2O4/c1-24-17-10-8-16(9-11-17)18(22)20-12-5-13-21(20)19(23)25-14-15-6-3-2-4-7-15/h2-4,6-7,16-17H,5,8-14H2,1H3. The first kappa shape index (κ1) is 17.7. The fourth-order valence-corrected chi connectivity index (χ4v) is 3.58. The van der Waals surface area contributed by atoms with Crippen LogP contribution in [0, 0.1) is 5.92 Å². The molecule has 1 heterocycles. The van der Waals surface area contributed by atoms with E-state index in [1.165, 1.54) is 5.01 Å². The summed E-state index contributed by atoms with van der Waals surface area (Å²) in [5, 5.41) is 3.05. The van der Waals surface area contributed by atoms with Crippen molar-refractivity contribution in [2.75, 3.05) is 20.2 Å². The van der Waals surface area contributed by atoms with Gasteiger partial charge < -0.3 is 9.47 Å². The lowest BCUT2D eigenvalue weighted by Gasteiger charge is -2.33. The zero-order chi connectivity index (χ0) is 17.6. The highest BCUT2D eigenvalue weighted by molar-refractivity contribution is 5.82. The molecule has 2 aliphatic rings. The van der Waals surface area contributed by atoms with E-state index < -0.39 is 6.09 Å². The number of methoxy groups -OCH3 is 1. The predicted molar refractivity (Wildman–Crippen MR) is 92.4 cm³/mol. The maximum Gasteiger partial charge on any atom is 0.429 e. The van der Waals surface area contributed by atoms with Crippen LogP contribution in [0.2, 0.25) is 0 Å². The molecule has 1 aliphatic heterocycles. The lowest BCUT2D eigenvalue weighted by Crippen LogP contribution is -2.48. The summed E-state index contributed by atoms with van der Waals surface area (Å²) in [6.07, 6.45) is 4.05. The number of carbonyl (C=O) groups is 2. The summed E-state index contributed by atoms with van der Waals surface area (Å²) in [6, 6.07) is 9.56. The zero-order valence-corrected chi connectivity index (χ0v) is 14.7. The maximum atomic E-state index is 12.8. The molecule has 3 rings (SSSR count). The monoisotopic (exact) mass is 346 g/mol. The smallest absolute Gasteiger partial charge is 0.429 e. The molecule has 1 aromatic rings. The first-order chi connectivity index (χ1) is 12.2. The van der Waals surface area contributed by atoms with E-state index in [2.05, 4.69) is 0 Å². The Morgan fingerprint density at radius 1 is 1.04 bits per heavy atom. The Morgan fingerprint density at radius 2 is 1.72 bits per heavy atom. The summed E-state index contributed by atoms with van der Waals surface area (Å²) in [5.74, 6) is 0.0256. The Morgan fingerprint density at radius 3 is 2.40 bits per heavy atom. The minimum atomic E-state index is -0.444. The van der Waals surface area contributed by atoms with Crippen molar-refractivity contribution < 1.29 is 19.1 Å². The van der Waals surface area contributed by atoms with Crippen molar-refractivity contribution in [3.8, 4) is 0 Å². The molecule has 0 unspecified atom stereocenters. The van der Waals surface area contributed by atoms with Gasteiger partial charge >= 0.3 is 6.09 Å². The molecule has 2 fully saturated rings. The van der Waals surface area contributed by atoms with E-state index in [1.54, 1.807) is 12.1 Å². The molecule has 0 spiro atoms. The predicted octanol–water partition coefficient (Wildman–Crippen LogP) is 2.98. The van der Waals surface area contributed by atoms with Gasteiger partial charge in [0.2, 0.25) is 5.91 Å². The molecule has 136 valence electrons. The van der Waals surface area contributed by atoms with Crippen LogP contribution in [0.1, 0.15) is 37.7 Å². The third-order valence-corrected chi connectivity index (χ3v) is 5.06. The van der Waals surface area contributed by atoms with Crippen molar-refractivity contribution in [2.45, 2.75) is 44.8 Å². The van der Waals surface area contributed by atoms with E-state index in [0.29, 0.717) is 13.1 Å². The van der Waals surface area contributed by atoms with Crippen LogP contribution in [0.15, 0.2) is 30.3 Å². The zero-order valence-electron chi connectivity index (χ0n) is 14.7. The highest BCUT2D eigenvalue weighted by Gasteiger charge is 2.36. The molecule has 1 saturated heterocycles. The molecule has 0 N–H and O–H groups in total. The van der Waals surface area contributed by atoms with Crippen molar-refractivity contribution in [2.24, 2.45) is 5.92 Å². The largest absolute Gasteiger partial charge is 0.443 e. The van der Waals surface area contributed by atoms with E-state index in [0.717, 1.165) is 37.7 Å². The van der Waals surface area contributed by atoms with Crippen LogP contribution >= 0.6 is 0 Å². The molecule has 0 radical (unpaired) electrons. The fraction of sp³-hybridized carbons (Fsp3) is 0.579. The highest BCUT2D eigenvalue weighted by atomic mass is 16.6. The number of hydrogen-bond donors (Lipinski definition) is 0. The van der Waals surface area contributed by atoms with Gasteiger partial charge in [0.15, 0.2) is 0 Å². The average molecular weight is 346 g/mol. The quantitative estimate of drug-likeness (QED) is 0.841. The van der Waals surface area contributed by atoms with E-state index >= 15 is 0 Å². The molecule has 0 atom stereocenters. The molecule has 1 saturated carbocycles. The topological polar surface area (TPSA) is 59.1 Å². The maximum absolute atomic E-state index is 12.8. The summed E-state index contributed by atoms with van der Waals surface area (Å²) in [6.45, 7) is 1.34. The third kappa shape index (κ3) is 4.31. The average Bonchev–Trinajstić information content (AvgIpc) is 3.16. The molecular formula is C19H26N2O4. The Hall–Kier alpha value is -2.08.